The second kappa shape index (κ2) is 6.49. The zero-order chi connectivity index (χ0) is 16.5. The SMILES string of the molecule is CN(C)c1ccc(-c2nn3c(CN4CCCCC4)nnc3s2)cc1. The van der Waals surface area contributed by atoms with E-state index in [-0.39, 0.29) is 0 Å². The summed E-state index contributed by atoms with van der Waals surface area (Å²) in [5.74, 6) is 0.944. The van der Waals surface area contributed by atoms with Crippen LogP contribution in [0.4, 0.5) is 5.69 Å². The van der Waals surface area contributed by atoms with Crippen molar-refractivity contribution in [3.05, 3.63) is 30.1 Å². The number of likely N-dealkylation sites (tertiary alicyclic amines) is 1. The van der Waals surface area contributed by atoms with Crippen LogP contribution in [0.15, 0.2) is 24.3 Å². The summed E-state index contributed by atoms with van der Waals surface area (Å²) in [5.41, 5.74) is 2.31. The van der Waals surface area contributed by atoms with Gasteiger partial charge in [-0.3, -0.25) is 4.90 Å². The predicted octanol–water partition coefficient (Wildman–Crippen LogP) is 2.90. The number of fused-ring (bicyclic) bond motifs is 1. The van der Waals surface area contributed by atoms with Gasteiger partial charge >= 0.3 is 0 Å². The first-order valence-electron chi connectivity index (χ1n) is 8.42. The first kappa shape index (κ1) is 15.5. The monoisotopic (exact) mass is 342 g/mol. The molecule has 0 spiro atoms. The topological polar surface area (TPSA) is 49.6 Å². The van der Waals surface area contributed by atoms with Crippen molar-refractivity contribution in [2.24, 2.45) is 0 Å². The van der Waals surface area contributed by atoms with Gasteiger partial charge in [-0.25, -0.2) is 0 Å². The minimum absolute atomic E-state index is 0.837. The Bertz CT molecular complexity index is 813. The molecule has 0 bridgehead atoms. The Labute approximate surface area is 145 Å². The lowest BCUT2D eigenvalue weighted by atomic mass is 10.1. The van der Waals surface area contributed by atoms with Crippen molar-refractivity contribution in [2.45, 2.75) is 25.8 Å². The molecule has 0 unspecified atom stereocenters. The van der Waals surface area contributed by atoms with Crippen molar-refractivity contribution in [1.29, 1.82) is 0 Å². The molecule has 2 aromatic heterocycles. The van der Waals surface area contributed by atoms with Crippen molar-refractivity contribution < 1.29 is 0 Å². The number of hydrogen-bond donors (Lipinski definition) is 0. The largest absolute Gasteiger partial charge is 0.378 e. The van der Waals surface area contributed by atoms with Crippen LogP contribution in [0, 0.1) is 0 Å². The van der Waals surface area contributed by atoms with E-state index >= 15 is 0 Å². The average Bonchev–Trinajstić information content (AvgIpc) is 3.18. The summed E-state index contributed by atoms with van der Waals surface area (Å²) in [4.78, 5) is 5.41. The summed E-state index contributed by atoms with van der Waals surface area (Å²) >= 11 is 1.59. The second-order valence-electron chi connectivity index (χ2n) is 6.50. The lowest BCUT2D eigenvalue weighted by molar-refractivity contribution is 0.214. The number of benzene rings is 1. The summed E-state index contributed by atoms with van der Waals surface area (Å²) in [6, 6.07) is 8.47. The van der Waals surface area contributed by atoms with Crippen molar-refractivity contribution in [3.63, 3.8) is 0 Å². The number of hydrogen-bond acceptors (Lipinski definition) is 6. The lowest BCUT2D eigenvalue weighted by Gasteiger charge is -2.25. The van der Waals surface area contributed by atoms with E-state index in [0.29, 0.717) is 0 Å². The van der Waals surface area contributed by atoms with Gasteiger partial charge in [-0.05, 0) is 50.2 Å². The maximum atomic E-state index is 4.75. The third kappa shape index (κ3) is 3.01. The number of nitrogens with zero attached hydrogens (tertiary/aromatic N) is 6. The van der Waals surface area contributed by atoms with Crippen molar-refractivity contribution >= 4 is 22.0 Å². The first-order valence-corrected chi connectivity index (χ1v) is 9.23. The molecule has 24 heavy (non-hydrogen) atoms. The third-order valence-electron chi connectivity index (χ3n) is 4.50. The summed E-state index contributed by atoms with van der Waals surface area (Å²) < 4.78 is 1.91. The molecule has 126 valence electrons. The Morgan fingerprint density at radius 3 is 2.50 bits per heavy atom. The van der Waals surface area contributed by atoms with E-state index in [1.54, 1.807) is 11.3 Å². The Kier molecular flexibility index (Phi) is 4.20. The molecule has 1 saturated heterocycles. The first-order chi connectivity index (χ1) is 11.7. The van der Waals surface area contributed by atoms with E-state index in [1.807, 2.05) is 18.6 Å². The zero-order valence-corrected chi connectivity index (χ0v) is 15.0. The van der Waals surface area contributed by atoms with Crippen LogP contribution in [-0.4, -0.2) is 51.9 Å². The highest BCUT2D eigenvalue weighted by molar-refractivity contribution is 7.19. The predicted molar refractivity (Wildman–Crippen MR) is 97.6 cm³/mol. The van der Waals surface area contributed by atoms with Crippen LogP contribution in [0.2, 0.25) is 0 Å². The molecule has 3 aromatic rings. The van der Waals surface area contributed by atoms with Crippen molar-refractivity contribution in [1.82, 2.24) is 24.7 Å². The van der Waals surface area contributed by atoms with Gasteiger partial charge in [0.05, 0.1) is 6.54 Å². The molecule has 0 N–H and O–H groups in total. The zero-order valence-electron chi connectivity index (χ0n) is 14.1. The van der Waals surface area contributed by atoms with Gasteiger partial charge < -0.3 is 4.90 Å². The maximum Gasteiger partial charge on any atom is 0.235 e. The Morgan fingerprint density at radius 1 is 1.04 bits per heavy atom. The van der Waals surface area contributed by atoms with E-state index in [0.717, 1.165) is 41.0 Å². The molecule has 1 aliphatic rings. The van der Waals surface area contributed by atoms with Crippen LogP contribution in [0.5, 0.6) is 0 Å². The second-order valence-corrected chi connectivity index (χ2v) is 7.45. The Hall–Kier alpha value is -1.99. The maximum absolute atomic E-state index is 4.75. The molecule has 0 radical (unpaired) electrons. The van der Waals surface area contributed by atoms with Crippen LogP contribution in [0.3, 0.4) is 0 Å². The highest BCUT2D eigenvalue weighted by Crippen LogP contribution is 2.27. The van der Waals surface area contributed by atoms with E-state index < -0.39 is 0 Å². The van der Waals surface area contributed by atoms with Gasteiger partial charge in [0, 0.05) is 25.3 Å². The number of piperidine rings is 1. The molecule has 0 aliphatic carbocycles. The average molecular weight is 342 g/mol. The van der Waals surface area contributed by atoms with Gasteiger partial charge in [0.1, 0.15) is 5.01 Å². The molecule has 6 nitrogen and oxygen atoms in total. The molecule has 1 fully saturated rings. The summed E-state index contributed by atoms with van der Waals surface area (Å²) in [5, 5.41) is 14.4. The standard InChI is InChI=1S/C17H22N6S/c1-21(2)14-8-6-13(7-9-14)16-20-23-15(18-19-17(23)24-16)12-22-10-4-3-5-11-22/h6-9H,3-5,10-12H2,1-2H3. The fraction of sp³-hybridized carbons (Fsp3) is 0.471. The fourth-order valence-electron chi connectivity index (χ4n) is 3.09. The minimum Gasteiger partial charge on any atom is -0.378 e. The summed E-state index contributed by atoms with van der Waals surface area (Å²) in [6.07, 6.45) is 3.90. The Morgan fingerprint density at radius 2 is 1.79 bits per heavy atom. The minimum atomic E-state index is 0.837. The quantitative estimate of drug-likeness (QED) is 0.730. The fourth-order valence-corrected chi connectivity index (χ4v) is 3.96. The highest BCUT2D eigenvalue weighted by Gasteiger charge is 2.17. The van der Waals surface area contributed by atoms with Gasteiger partial charge in [-0.15, -0.1) is 10.2 Å². The third-order valence-corrected chi connectivity index (χ3v) is 5.45. The molecule has 7 heteroatoms. The van der Waals surface area contributed by atoms with Gasteiger partial charge in [-0.1, -0.05) is 17.8 Å². The molecular formula is C17H22N6S. The molecule has 1 aliphatic heterocycles. The molecule has 4 rings (SSSR count). The summed E-state index contributed by atoms with van der Waals surface area (Å²) in [7, 11) is 4.09. The smallest absolute Gasteiger partial charge is 0.235 e. The van der Waals surface area contributed by atoms with Crippen LogP contribution in [-0.2, 0) is 6.54 Å². The van der Waals surface area contributed by atoms with Crippen LogP contribution in [0.25, 0.3) is 15.5 Å². The van der Waals surface area contributed by atoms with Crippen molar-refractivity contribution in [2.75, 3.05) is 32.1 Å². The normalized spacial score (nSPS) is 15.9. The summed E-state index contributed by atoms with van der Waals surface area (Å²) in [6.45, 7) is 3.14. The number of aromatic nitrogens is 4. The van der Waals surface area contributed by atoms with Gasteiger partial charge in [0.2, 0.25) is 4.96 Å². The lowest BCUT2D eigenvalue weighted by Crippen LogP contribution is -2.30. The molecule has 3 heterocycles. The molecule has 0 saturated carbocycles. The van der Waals surface area contributed by atoms with Gasteiger partial charge in [-0.2, -0.15) is 9.61 Å². The molecular weight excluding hydrogens is 320 g/mol. The highest BCUT2D eigenvalue weighted by atomic mass is 32.1. The number of rotatable bonds is 4. The van der Waals surface area contributed by atoms with E-state index in [2.05, 4.69) is 44.3 Å². The van der Waals surface area contributed by atoms with E-state index in [1.165, 1.54) is 24.9 Å². The van der Waals surface area contributed by atoms with E-state index in [9.17, 15) is 0 Å². The van der Waals surface area contributed by atoms with Gasteiger partial charge in [0.15, 0.2) is 5.82 Å². The number of anilines is 1. The Balaban J connectivity index is 1.59. The van der Waals surface area contributed by atoms with Crippen LogP contribution < -0.4 is 4.90 Å². The van der Waals surface area contributed by atoms with Crippen LogP contribution >= 0.6 is 11.3 Å². The van der Waals surface area contributed by atoms with E-state index in [4.69, 9.17) is 5.10 Å². The molecule has 0 atom stereocenters. The van der Waals surface area contributed by atoms with Crippen LogP contribution in [0.1, 0.15) is 25.1 Å². The molecule has 1 aromatic carbocycles. The molecule has 0 amide bonds. The van der Waals surface area contributed by atoms with Gasteiger partial charge in [0.25, 0.3) is 0 Å². The van der Waals surface area contributed by atoms with Crippen molar-refractivity contribution in [3.8, 4) is 10.6 Å².